The summed E-state index contributed by atoms with van der Waals surface area (Å²) in [5.74, 6) is 8.53. The van der Waals surface area contributed by atoms with E-state index in [9.17, 15) is 0 Å². The van der Waals surface area contributed by atoms with E-state index in [2.05, 4.69) is 16.0 Å². The van der Waals surface area contributed by atoms with Gasteiger partial charge >= 0.3 is 0 Å². The predicted molar refractivity (Wildman–Crippen MR) is 291 cm³/mol. The lowest BCUT2D eigenvalue weighted by atomic mass is 10.1. The number of fused-ring (bicyclic) bond motifs is 6. The molecule has 0 saturated carbocycles. The predicted octanol–water partition coefficient (Wildman–Crippen LogP) is 5.27. The minimum atomic E-state index is 0.331. The topological polar surface area (TPSA) is 188 Å². The molecule has 18 nitrogen and oxygen atoms in total. The molecule has 0 fully saturated rings. The monoisotopic (exact) mass is 1080 g/mol. The largest absolute Gasteiger partial charge is 0.497 e. The average molecular weight is 1080 g/mol. The van der Waals surface area contributed by atoms with E-state index in [1.165, 1.54) is 0 Å². The molecule has 1 aliphatic heterocycles. The van der Waals surface area contributed by atoms with Crippen LogP contribution in [0.4, 0.5) is 0 Å². The van der Waals surface area contributed by atoms with Gasteiger partial charge in [0.1, 0.15) is 148 Å². The third-order valence-electron chi connectivity index (χ3n) is 12.3. The maximum atomic E-state index is 6.24. The molecule has 0 amide bonds. The lowest BCUT2D eigenvalue weighted by Crippen LogP contribution is -2.80. The first-order valence-corrected chi connectivity index (χ1v) is 26.3. The first-order valence-electron chi connectivity index (χ1n) is 26.3. The van der Waals surface area contributed by atoms with Gasteiger partial charge in [0.2, 0.25) is 0 Å². The van der Waals surface area contributed by atoms with Gasteiger partial charge in [-0.15, -0.1) is 0 Å². The van der Waals surface area contributed by atoms with Gasteiger partial charge in [0.15, 0.2) is 0 Å². The second kappa shape index (κ2) is 32.4. The van der Waals surface area contributed by atoms with E-state index in [1.807, 2.05) is 109 Å². The Morgan fingerprint density at radius 3 is 0.603 bits per heavy atom. The molecule has 18 heteroatoms. The number of rotatable bonds is 18. The molecular formula is C60H78N3O15+3. The molecule has 6 N–H and O–H groups in total. The van der Waals surface area contributed by atoms with Crippen molar-refractivity contribution in [1.82, 2.24) is 0 Å². The van der Waals surface area contributed by atoms with E-state index >= 15 is 0 Å². The SMILES string of the molecule is COc1cc(C[NH2+]Cc2cc3cc(c2)OCCOCCOc2cc(C[NH2+]Cc4cc(OC)cc(OC)c4)cc(c2)OCCOCCOc2cc(C[NH2+]Cc4cc(OC)cc(OC)c4)cc(c2)OCCOCCO3)cc(OC)c1. The number of hydrogen-bond donors (Lipinski definition) is 3. The zero-order valence-corrected chi connectivity index (χ0v) is 46.0. The van der Waals surface area contributed by atoms with Crippen LogP contribution in [0.5, 0.6) is 69.0 Å². The molecule has 6 aromatic rings. The van der Waals surface area contributed by atoms with Gasteiger partial charge in [-0.3, -0.25) is 0 Å². The Kier molecular flexibility index (Phi) is 24.3. The van der Waals surface area contributed by atoms with Crippen LogP contribution in [0, 0.1) is 0 Å². The highest BCUT2D eigenvalue weighted by Crippen LogP contribution is 2.28. The Morgan fingerprint density at radius 2 is 0.423 bits per heavy atom. The normalized spacial score (nSPS) is 14.1. The van der Waals surface area contributed by atoms with Gasteiger partial charge < -0.3 is 87.0 Å². The Labute approximate surface area is 458 Å². The van der Waals surface area contributed by atoms with Crippen molar-refractivity contribution in [2.75, 3.05) is 122 Å². The number of ether oxygens (including phenoxy) is 15. The fourth-order valence-corrected chi connectivity index (χ4v) is 8.53. The van der Waals surface area contributed by atoms with Crippen molar-refractivity contribution in [3.05, 3.63) is 143 Å². The van der Waals surface area contributed by atoms with Gasteiger partial charge in [-0.1, -0.05) is 0 Å². The third-order valence-corrected chi connectivity index (χ3v) is 12.3. The third kappa shape index (κ3) is 20.2. The molecule has 0 unspecified atom stereocenters. The Balaban J connectivity index is 1.01. The quantitative estimate of drug-likeness (QED) is 0.101. The molecule has 78 heavy (non-hydrogen) atoms. The van der Waals surface area contributed by atoms with Crippen molar-refractivity contribution >= 4 is 0 Å². The van der Waals surface area contributed by atoms with Crippen LogP contribution >= 0.6 is 0 Å². The summed E-state index contributed by atoms with van der Waals surface area (Å²) in [5.41, 5.74) is 6.34. The molecule has 0 aromatic heterocycles. The second-order valence-electron chi connectivity index (χ2n) is 18.1. The number of nitrogens with two attached hydrogens (primary N) is 3. The maximum absolute atomic E-state index is 6.24. The van der Waals surface area contributed by atoms with Gasteiger partial charge in [0.05, 0.1) is 82.3 Å². The first-order chi connectivity index (χ1) is 38.3. The lowest BCUT2D eigenvalue weighted by Gasteiger charge is -2.15. The van der Waals surface area contributed by atoms with Gasteiger partial charge in [-0.2, -0.15) is 0 Å². The van der Waals surface area contributed by atoms with Crippen molar-refractivity contribution in [2.24, 2.45) is 0 Å². The minimum absolute atomic E-state index is 0.331. The van der Waals surface area contributed by atoms with Gasteiger partial charge in [0.25, 0.3) is 0 Å². The van der Waals surface area contributed by atoms with Crippen molar-refractivity contribution in [3.8, 4) is 69.0 Å². The standard InChI is InChI=1S/C60H75N3O15/c1-64-49-19-43(20-50(31-49)65-2)37-61-40-46-25-55-34-56(26-46)74-14-8-71-10-16-76-58-28-48(42-63-39-45-23-53(68-5)33-54(24-45)69-6)30-60(36-58)78-18-12-72-11-17-77-59-29-47(27-57(35-59)75-15-9-70-7-13-73-55)41-62-38-44-21-51(66-3)32-52(22-44)67-4/h19-36,61-63H,7-18,37-42H2,1-6H3/p+3. The van der Waals surface area contributed by atoms with Gasteiger partial charge in [0, 0.05) is 69.8 Å². The summed E-state index contributed by atoms with van der Waals surface area (Å²) >= 11 is 0. The summed E-state index contributed by atoms with van der Waals surface area (Å²) in [5, 5.41) is 6.62. The molecule has 0 radical (unpaired) electrons. The molecule has 0 aliphatic carbocycles. The maximum Gasteiger partial charge on any atom is 0.123 e. The molecule has 0 atom stereocenters. The van der Waals surface area contributed by atoms with Gasteiger partial charge in [-0.05, 0) is 72.8 Å². The van der Waals surface area contributed by atoms with Crippen LogP contribution in [0.2, 0.25) is 0 Å². The highest BCUT2D eigenvalue weighted by Gasteiger charge is 2.13. The Bertz CT molecular complexity index is 2300. The molecule has 1 aliphatic rings. The van der Waals surface area contributed by atoms with Gasteiger partial charge in [-0.25, -0.2) is 0 Å². The summed E-state index contributed by atoms with van der Waals surface area (Å²) in [6, 6.07) is 35.5. The summed E-state index contributed by atoms with van der Waals surface area (Å²) in [6.07, 6.45) is 0. The number of quaternary nitrogens is 3. The summed E-state index contributed by atoms with van der Waals surface area (Å²) < 4.78 is 88.3. The molecule has 420 valence electrons. The highest BCUT2D eigenvalue weighted by atomic mass is 16.6. The molecule has 7 rings (SSSR count). The fraction of sp³-hybridized carbons (Fsp3) is 0.400. The zero-order chi connectivity index (χ0) is 54.6. The number of hydrogen-bond acceptors (Lipinski definition) is 15. The van der Waals surface area contributed by atoms with Crippen LogP contribution < -0.4 is 72.8 Å². The van der Waals surface area contributed by atoms with E-state index in [1.54, 1.807) is 42.7 Å². The van der Waals surface area contributed by atoms with Crippen LogP contribution in [0.3, 0.4) is 0 Å². The highest BCUT2D eigenvalue weighted by molar-refractivity contribution is 5.42. The van der Waals surface area contributed by atoms with E-state index in [0.717, 1.165) is 67.9 Å². The molecule has 0 saturated heterocycles. The fourth-order valence-electron chi connectivity index (χ4n) is 8.53. The van der Waals surface area contributed by atoms with E-state index in [4.69, 9.17) is 71.1 Å². The first kappa shape index (κ1) is 58.4. The molecule has 6 bridgehead atoms. The van der Waals surface area contributed by atoms with Crippen LogP contribution in [-0.2, 0) is 53.5 Å². The average Bonchev–Trinajstić information content (AvgIpc) is 3.46. The minimum Gasteiger partial charge on any atom is -0.497 e. The van der Waals surface area contributed by atoms with Crippen LogP contribution in [-0.4, -0.2) is 122 Å². The van der Waals surface area contributed by atoms with Crippen molar-refractivity contribution in [2.45, 2.75) is 39.3 Å². The lowest BCUT2D eigenvalue weighted by molar-refractivity contribution is -0.686. The number of methoxy groups -OCH3 is 6. The smallest absolute Gasteiger partial charge is 0.123 e. The number of benzene rings is 6. The van der Waals surface area contributed by atoms with E-state index < -0.39 is 0 Å². The molecular weight excluding hydrogens is 1000 g/mol. The Hall–Kier alpha value is -7.32. The zero-order valence-electron chi connectivity index (χ0n) is 46.0. The molecule has 6 aromatic carbocycles. The summed E-state index contributed by atoms with van der Waals surface area (Å²) in [7, 11) is 9.91. The van der Waals surface area contributed by atoms with E-state index in [-0.39, 0.29) is 0 Å². The second-order valence-corrected chi connectivity index (χ2v) is 18.1. The van der Waals surface area contributed by atoms with Crippen LogP contribution in [0.15, 0.2) is 109 Å². The van der Waals surface area contributed by atoms with Crippen molar-refractivity contribution in [3.63, 3.8) is 0 Å². The summed E-state index contributed by atoms with van der Waals surface area (Å²) in [6.45, 7) is 8.30. The van der Waals surface area contributed by atoms with Crippen molar-refractivity contribution in [1.29, 1.82) is 0 Å². The van der Waals surface area contributed by atoms with Crippen LogP contribution in [0.25, 0.3) is 0 Å². The molecule has 1 heterocycles. The molecule has 0 spiro atoms. The Morgan fingerprint density at radius 1 is 0.244 bits per heavy atom. The van der Waals surface area contributed by atoms with Crippen LogP contribution in [0.1, 0.15) is 33.4 Å². The van der Waals surface area contributed by atoms with E-state index in [0.29, 0.717) is 153 Å². The van der Waals surface area contributed by atoms with Crippen molar-refractivity contribution < 1.29 is 87.0 Å². The summed E-state index contributed by atoms with van der Waals surface area (Å²) in [4.78, 5) is 0.